The van der Waals surface area contributed by atoms with Crippen LogP contribution >= 0.6 is 0 Å². The van der Waals surface area contributed by atoms with E-state index in [4.69, 9.17) is 21.2 Å². The summed E-state index contributed by atoms with van der Waals surface area (Å²) in [5.74, 6) is 1.58. The molecule has 1 unspecified atom stereocenters. The van der Waals surface area contributed by atoms with Crippen LogP contribution in [0.4, 0.5) is 5.82 Å². The molecule has 1 aliphatic heterocycles. The second kappa shape index (κ2) is 7.64. The minimum absolute atomic E-state index is 0.0404. The Morgan fingerprint density at radius 2 is 2.00 bits per heavy atom. The minimum Gasteiger partial charge on any atom is -0.489 e. The zero-order valence-electron chi connectivity index (χ0n) is 17.9. The van der Waals surface area contributed by atoms with E-state index in [0.717, 1.165) is 46.6 Å². The number of para-hydroxylation sites is 1. The van der Waals surface area contributed by atoms with Crippen LogP contribution in [0.25, 0.3) is 16.8 Å². The molecule has 0 aliphatic carbocycles. The Balaban J connectivity index is 1.40. The Kier molecular flexibility index (Phi) is 4.77. The molecule has 2 aromatic heterocycles. The molecule has 0 saturated heterocycles. The molecule has 162 valence electrons. The molecule has 0 fully saturated rings. The van der Waals surface area contributed by atoms with Gasteiger partial charge in [0.25, 0.3) is 5.91 Å². The summed E-state index contributed by atoms with van der Waals surface area (Å²) in [5.41, 5.74) is 16.7. The molecule has 0 bridgehead atoms. The van der Waals surface area contributed by atoms with Crippen LogP contribution < -0.4 is 16.2 Å². The number of hydrogen-bond donors (Lipinski definition) is 2. The van der Waals surface area contributed by atoms with Gasteiger partial charge in [-0.25, -0.2) is 14.5 Å². The summed E-state index contributed by atoms with van der Waals surface area (Å²) < 4.78 is 7.85. The molecule has 0 saturated carbocycles. The van der Waals surface area contributed by atoms with Crippen LogP contribution in [0.2, 0.25) is 0 Å². The number of ether oxygens (including phenoxy) is 1. The van der Waals surface area contributed by atoms with E-state index in [0.29, 0.717) is 17.1 Å². The van der Waals surface area contributed by atoms with Gasteiger partial charge in [-0.05, 0) is 17.2 Å². The summed E-state index contributed by atoms with van der Waals surface area (Å²) in [6, 6.07) is 13.7. The van der Waals surface area contributed by atoms with Crippen molar-refractivity contribution in [2.75, 3.05) is 5.73 Å². The van der Waals surface area contributed by atoms with E-state index in [-0.39, 0.29) is 12.0 Å². The number of anilines is 1. The highest BCUT2D eigenvalue weighted by atomic mass is 16.5. The largest absolute Gasteiger partial charge is 0.489 e. The van der Waals surface area contributed by atoms with Crippen LogP contribution in [0, 0.1) is 0 Å². The number of amides is 1. The van der Waals surface area contributed by atoms with Gasteiger partial charge in [-0.15, -0.1) is 0 Å². The lowest BCUT2D eigenvalue weighted by Crippen LogP contribution is -2.17. The molecule has 2 aromatic carbocycles. The lowest BCUT2D eigenvalue weighted by Gasteiger charge is -2.12. The molecule has 0 radical (unpaired) electrons. The Hall–Kier alpha value is -3.94. The number of fused-ring (bicyclic) bond motifs is 2. The molecule has 1 amide bonds. The highest BCUT2D eigenvalue weighted by Gasteiger charge is 2.27. The number of nitrogen functional groups attached to an aromatic ring is 1. The maximum atomic E-state index is 11.7. The SMILES string of the molecule is CC(C)c1nc(-c2ccc(CC3Cc4cccc(C(N)=O)c4O3)cc2)c2c(N)ncnn12. The first-order valence-electron chi connectivity index (χ1n) is 10.6. The van der Waals surface area contributed by atoms with Gasteiger partial charge in [-0.3, -0.25) is 4.79 Å². The number of carbonyl (C=O) groups excluding carboxylic acids is 1. The van der Waals surface area contributed by atoms with Crippen molar-refractivity contribution in [3.05, 3.63) is 71.3 Å². The molecule has 1 aliphatic rings. The first-order chi connectivity index (χ1) is 15.4. The van der Waals surface area contributed by atoms with Gasteiger partial charge in [0.1, 0.15) is 35.2 Å². The third-order valence-electron chi connectivity index (χ3n) is 5.79. The number of primary amides is 1. The van der Waals surface area contributed by atoms with Crippen molar-refractivity contribution >= 4 is 17.2 Å². The molecule has 0 spiro atoms. The maximum absolute atomic E-state index is 11.7. The monoisotopic (exact) mass is 428 g/mol. The summed E-state index contributed by atoms with van der Waals surface area (Å²) in [7, 11) is 0. The Labute approximate surface area is 185 Å². The summed E-state index contributed by atoms with van der Waals surface area (Å²) in [4.78, 5) is 20.6. The van der Waals surface area contributed by atoms with Gasteiger partial charge in [-0.1, -0.05) is 50.2 Å². The summed E-state index contributed by atoms with van der Waals surface area (Å²) in [6.45, 7) is 4.15. The Morgan fingerprint density at radius 1 is 1.22 bits per heavy atom. The fourth-order valence-electron chi connectivity index (χ4n) is 4.26. The van der Waals surface area contributed by atoms with Crippen molar-refractivity contribution in [3.8, 4) is 17.0 Å². The van der Waals surface area contributed by atoms with Crippen molar-refractivity contribution in [1.29, 1.82) is 0 Å². The van der Waals surface area contributed by atoms with Crippen molar-refractivity contribution in [1.82, 2.24) is 19.6 Å². The van der Waals surface area contributed by atoms with Crippen molar-refractivity contribution in [2.45, 2.75) is 38.7 Å². The smallest absolute Gasteiger partial charge is 0.252 e. The predicted octanol–water partition coefficient (Wildman–Crippen LogP) is 3.14. The van der Waals surface area contributed by atoms with E-state index in [1.54, 1.807) is 10.6 Å². The predicted molar refractivity (Wildman–Crippen MR) is 122 cm³/mol. The third kappa shape index (κ3) is 3.33. The average Bonchev–Trinajstić information content (AvgIpc) is 3.36. The molecular weight excluding hydrogens is 404 g/mol. The second-order valence-electron chi connectivity index (χ2n) is 8.38. The van der Waals surface area contributed by atoms with Gasteiger partial charge in [0.05, 0.1) is 5.56 Å². The van der Waals surface area contributed by atoms with E-state index in [1.807, 2.05) is 24.3 Å². The number of rotatable bonds is 5. The number of aromatic nitrogens is 4. The quantitative estimate of drug-likeness (QED) is 0.504. The van der Waals surface area contributed by atoms with Crippen LogP contribution in [-0.2, 0) is 12.8 Å². The molecule has 4 N–H and O–H groups in total. The van der Waals surface area contributed by atoms with Crippen LogP contribution in [-0.4, -0.2) is 31.6 Å². The highest BCUT2D eigenvalue weighted by Crippen LogP contribution is 2.34. The van der Waals surface area contributed by atoms with E-state index in [2.05, 4.69) is 36.1 Å². The van der Waals surface area contributed by atoms with Crippen molar-refractivity contribution < 1.29 is 9.53 Å². The van der Waals surface area contributed by atoms with Gasteiger partial charge < -0.3 is 16.2 Å². The second-order valence-corrected chi connectivity index (χ2v) is 8.38. The number of imidazole rings is 1. The molecule has 3 heterocycles. The van der Waals surface area contributed by atoms with Crippen LogP contribution in [0.1, 0.15) is 47.1 Å². The number of benzene rings is 2. The molecule has 4 aromatic rings. The molecular formula is C24H24N6O2. The summed E-state index contributed by atoms with van der Waals surface area (Å²) >= 11 is 0. The Morgan fingerprint density at radius 3 is 2.72 bits per heavy atom. The van der Waals surface area contributed by atoms with Gasteiger partial charge in [-0.2, -0.15) is 5.10 Å². The Bertz CT molecular complexity index is 1330. The highest BCUT2D eigenvalue weighted by molar-refractivity contribution is 5.96. The first-order valence-corrected chi connectivity index (χ1v) is 10.6. The standard InChI is InChI=1S/C24H24N6O2/c1-13(2)24-29-19(20-22(25)27-12-28-30(20)24)15-8-6-14(7-9-15)10-17-11-16-4-3-5-18(23(26)31)21(16)32-17/h3-9,12-13,17H,10-11H2,1-2H3,(H2,26,31)(H2,25,27,28). The third-order valence-corrected chi connectivity index (χ3v) is 5.79. The zero-order chi connectivity index (χ0) is 22.4. The summed E-state index contributed by atoms with van der Waals surface area (Å²) in [5, 5.41) is 4.35. The number of hydrogen-bond acceptors (Lipinski definition) is 6. The normalized spacial score (nSPS) is 15.2. The fraction of sp³-hybridized carbons (Fsp3) is 0.250. The van der Waals surface area contributed by atoms with E-state index in [9.17, 15) is 4.79 Å². The molecule has 32 heavy (non-hydrogen) atoms. The van der Waals surface area contributed by atoms with Gasteiger partial charge in [0.2, 0.25) is 0 Å². The first kappa shape index (κ1) is 20.0. The average molecular weight is 428 g/mol. The molecule has 8 nitrogen and oxygen atoms in total. The number of nitrogens with two attached hydrogens (primary N) is 2. The van der Waals surface area contributed by atoms with Crippen LogP contribution in [0.5, 0.6) is 5.75 Å². The van der Waals surface area contributed by atoms with Crippen LogP contribution in [0.15, 0.2) is 48.8 Å². The van der Waals surface area contributed by atoms with E-state index >= 15 is 0 Å². The van der Waals surface area contributed by atoms with Crippen molar-refractivity contribution in [3.63, 3.8) is 0 Å². The number of nitrogens with zero attached hydrogens (tertiary/aromatic N) is 4. The lowest BCUT2D eigenvalue weighted by molar-refractivity contribution is 0.0995. The van der Waals surface area contributed by atoms with Gasteiger partial charge in [0, 0.05) is 24.3 Å². The fourth-order valence-corrected chi connectivity index (χ4v) is 4.26. The maximum Gasteiger partial charge on any atom is 0.252 e. The number of carbonyl (C=O) groups is 1. The van der Waals surface area contributed by atoms with E-state index < -0.39 is 5.91 Å². The zero-order valence-corrected chi connectivity index (χ0v) is 17.9. The molecule has 1 atom stereocenters. The molecule has 8 heteroatoms. The topological polar surface area (TPSA) is 121 Å². The summed E-state index contributed by atoms with van der Waals surface area (Å²) in [6.07, 6.45) is 2.88. The van der Waals surface area contributed by atoms with Crippen molar-refractivity contribution in [2.24, 2.45) is 5.73 Å². The van der Waals surface area contributed by atoms with Crippen LogP contribution in [0.3, 0.4) is 0 Å². The molecule has 5 rings (SSSR count). The minimum atomic E-state index is -0.469. The van der Waals surface area contributed by atoms with E-state index in [1.165, 1.54) is 6.33 Å². The van der Waals surface area contributed by atoms with Gasteiger partial charge in [0.15, 0.2) is 5.82 Å². The lowest BCUT2D eigenvalue weighted by atomic mass is 10.0. The van der Waals surface area contributed by atoms with Gasteiger partial charge >= 0.3 is 0 Å².